The maximum Gasteiger partial charge on any atom is 0.122 e. The molecule has 5 heteroatoms. The number of aliphatic hydroxyl groups is 1. The van der Waals surface area contributed by atoms with Crippen LogP contribution in [0.5, 0.6) is 5.75 Å². The Labute approximate surface area is 185 Å². The number of pyridine rings is 1. The molecule has 0 spiro atoms. The van der Waals surface area contributed by atoms with Gasteiger partial charge in [0.2, 0.25) is 0 Å². The molecule has 1 saturated heterocycles. The van der Waals surface area contributed by atoms with Crippen molar-refractivity contribution in [3.8, 4) is 5.75 Å². The molecule has 0 radical (unpaired) electrons. The summed E-state index contributed by atoms with van der Waals surface area (Å²) in [6.45, 7) is 9.36. The van der Waals surface area contributed by atoms with Crippen molar-refractivity contribution in [1.29, 1.82) is 0 Å². The van der Waals surface area contributed by atoms with Crippen molar-refractivity contribution in [3.05, 3.63) is 71.0 Å². The minimum Gasteiger partial charge on any atom is -0.496 e. The second kappa shape index (κ2) is 9.77. The second-order valence-corrected chi connectivity index (χ2v) is 8.56. The van der Waals surface area contributed by atoms with Gasteiger partial charge < -0.3 is 9.84 Å². The van der Waals surface area contributed by atoms with Crippen molar-refractivity contribution >= 4 is 10.8 Å². The Kier molecular flexibility index (Phi) is 6.86. The van der Waals surface area contributed by atoms with Gasteiger partial charge in [0.1, 0.15) is 5.75 Å². The first-order valence-corrected chi connectivity index (χ1v) is 11.1. The standard InChI is InChI=1S/C26H33N3O2/c1-19-20(2)26(31-3)8-7-22(19)17-29-13-12-28(18-24(29)10-14-30)16-23-6-4-5-21-15-27-11-9-25(21)23/h4-9,11,15,24,30H,10,12-14,16-18H2,1-3H3/t24-/m1/s1. The molecule has 1 aliphatic rings. The van der Waals surface area contributed by atoms with Gasteiger partial charge >= 0.3 is 0 Å². The highest BCUT2D eigenvalue weighted by Gasteiger charge is 2.27. The van der Waals surface area contributed by atoms with Gasteiger partial charge in [0.25, 0.3) is 0 Å². The topological polar surface area (TPSA) is 48.8 Å². The zero-order valence-corrected chi connectivity index (χ0v) is 18.8. The number of piperazine rings is 1. The Morgan fingerprint density at radius 2 is 1.90 bits per heavy atom. The van der Waals surface area contributed by atoms with E-state index in [1.807, 2.05) is 12.4 Å². The van der Waals surface area contributed by atoms with Crippen molar-refractivity contribution < 1.29 is 9.84 Å². The third-order valence-electron chi connectivity index (χ3n) is 6.76. The Morgan fingerprint density at radius 1 is 1.03 bits per heavy atom. The smallest absolute Gasteiger partial charge is 0.122 e. The molecule has 0 unspecified atom stereocenters. The van der Waals surface area contributed by atoms with E-state index >= 15 is 0 Å². The first kappa shape index (κ1) is 21.8. The fourth-order valence-electron chi connectivity index (χ4n) is 4.76. The van der Waals surface area contributed by atoms with E-state index in [1.54, 1.807) is 7.11 Å². The molecule has 5 nitrogen and oxygen atoms in total. The van der Waals surface area contributed by atoms with Gasteiger partial charge in [0, 0.05) is 63.2 Å². The summed E-state index contributed by atoms with van der Waals surface area (Å²) >= 11 is 0. The maximum absolute atomic E-state index is 9.72. The molecular formula is C26H33N3O2. The zero-order chi connectivity index (χ0) is 21.8. The van der Waals surface area contributed by atoms with Crippen molar-refractivity contribution in [2.24, 2.45) is 0 Å². The van der Waals surface area contributed by atoms with E-state index in [4.69, 9.17) is 4.74 Å². The molecule has 1 aromatic heterocycles. The fraction of sp³-hybridized carbons (Fsp3) is 0.423. The second-order valence-electron chi connectivity index (χ2n) is 8.56. The van der Waals surface area contributed by atoms with Gasteiger partial charge in [-0.2, -0.15) is 0 Å². The first-order valence-electron chi connectivity index (χ1n) is 11.1. The molecule has 1 fully saturated rings. The molecule has 164 valence electrons. The van der Waals surface area contributed by atoms with E-state index in [2.05, 4.69) is 65.0 Å². The van der Waals surface area contributed by atoms with E-state index < -0.39 is 0 Å². The summed E-state index contributed by atoms with van der Waals surface area (Å²) in [6, 6.07) is 13.2. The summed E-state index contributed by atoms with van der Waals surface area (Å²) < 4.78 is 5.47. The quantitative estimate of drug-likeness (QED) is 0.629. The van der Waals surface area contributed by atoms with Crippen LogP contribution in [0.4, 0.5) is 0 Å². The Morgan fingerprint density at radius 3 is 2.71 bits per heavy atom. The minimum atomic E-state index is 0.218. The molecule has 1 aliphatic heterocycles. The minimum absolute atomic E-state index is 0.218. The van der Waals surface area contributed by atoms with Crippen LogP contribution in [0.3, 0.4) is 0 Å². The monoisotopic (exact) mass is 419 g/mol. The lowest BCUT2D eigenvalue weighted by atomic mass is 9.99. The van der Waals surface area contributed by atoms with Gasteiger partial charge in [-0.25, -0.2) is 0 Å². The van der Waals surface area contributed by atoms with Crippen LogP contribution in [0.25, 0.3) is 10.8 Å². The number of fused-ring (bicyclic) bond motifs is 1. The van der Waals surface area contributed by atoms with Gasteiger partial charge in [-0.1, -0.05) is 24.3 Å². The van der Waals surface area contributed by atoms with Crippen LogP contribution < -0.4 is 4.74 Å². The van der Waals surface area contributed by atoms with Crippen molar-refractivity contribution in [1.82, 2.24) is 14.8 Å². The molecule has 2 heterocycles. The number of methoxy groups -OCH3 is 1. The fourth-order valence-corrected chi connectivity index (χ4v) is 4.76. The number of ether oxygens (including phenoxy) is 1. The summed E-state index contributed by atoms with van der Waals surface area (Å²) in [5, 5.41) is 12.2. The highest BCUT2D eigenvalue weighted by molar-refractivity contribution is 5.84. The molecule has 4 rings (SSSR count). The molecular weight excluding hydrogens is 386 g/mol. The first-order chi connectivity index (χ1) is 15.1. The van der Waals surface area contributed by atoms with Crippen LogP contribution in [0.2, 0.25) is 0 Å². The SMILES string of the molecule is COc1ccc(CN2CCN(Cc3cccc4cnccc34)C[C@H]2CCO)c(C)c1C. The van der Waals surface area contributed by atoms with Gasteiger partial charge in [-0.05, 0) is 60.0 Å². The molecule has 3 aromatic rings. The maximum atomic E-state index is 9.72. The van der Waals surface area contributed by atoms with Gasteiger partial charge in [-0.15, -0.1) is 0 Å². The predicted molar refractivity (Wildman–Crippen MR) is 125 cm³/mol. The summed E-state index contributed by atoms with van der Waals surface area (Å²) in [5.41, 5.74) is 5.20. The zero-order valence-electron chi connectivity index (χ0n) is 18.8. The normalized spacial score (nSPS) is 17.9. The summed E-state index contributed by atoms with van der Waals surface area (Å²) in [4.78, 5) is 9.32. The average Bonchev–Trinajstić information content (AvgIpc) is 2.79. The van der Waals surface area contributed by atoms with Gasteiger partial charge in [0.15, 0.2) is 0 Å². The lowest BCUT2D eigenvalue weighted by Gasteiger charge is -2.42. The van der Waals surface area contributed by atoms with E-state index in [-0.39, 0.29) is 6.61 Å². The molecule has 0 saturated carbocycles. The van der Waals surface area contributed by atoms with E-state index in [0.717, 1.165) is 44.9 Å². The van der Waals surface area contributed by atoms with Crippen molar-refractivity contribution in [2.75, 3.05) is 33.4 Å². The van der Waals surface area contributed by atoms with E-state index in [1.165, 1.54) is 33.0 Å². The Hall–Kier alpha value is -2.47. The highest BCUT2D eigenvalue weighted by atomic mass is 16.5. The third kappa shape index (κ3) is 4.74. The third-order valence-corrected chi connectivity index (χ3v) is 6.76. The number of aliphatic hydroxyl groups excluding tert-OH is 1. The Balaban J connectivity index is 1.48. The largest absolute Gasteiger partial charge is 0.496 e. The summed E-state index contributed by atoms with van der Waals surface area (Å²) in [6.07, 6.45) is 4.60. The highest BCUT2D eigenvalue weighted by Crippen LogP contribution is 2.27. The molecule has 31 heavy (non-hydrogen) atoms. The van der Waals surface area contributed by atoms with Crippen LogP contribution in [-0.4, -0.2) is 59.3 Å². The molecule has 2 aromatic carbocycles. The van der Waals surface area contributed by atoms with Gasteiger partial charge in [0.05, 0.1) is 7.11 Å². The van der Waals surface area contributed by atoms with Crippen molar-refractivity contribution in [2.45, 2.75) is 39.4 Å². The number of hydrogen-bond donors (Lipinski definition) is 1. The Bertz CT molecular complexity index is 1030. The van der Waals surface area contributed by atoms with Gasteiger partial charge in [-0.3, -0.25) is 14.8 Å². The van der Waals surface area contributed by atoms with Crippen LogP contribution >= 0.6 is 0 Å². The molecule has 0 bridgehead atoms. The number of nitrogens with zero attached hydrogens (tertiary/aromatic N) is 3. The van der Waals surface area contributed by atoms with Crippen LogP contribution in [0, 0.1) is 13.8 Å². The predicted octanol–water partition coefficient (Wildman–Crippen LogP) is 3.93. The number of hydrogen-bond acceptors (Lipinski definition) is 5. The number of benzene rings is 2. The van der Waals surface area contributed by atoms with Crippen LogP contribution in [0.15, 0.2) is 48.8 Å². The van der Waals surface area contributed by atoms with Crippen molar-refractivity contribution in [3.63, 3.8) is 0 Å². The molecule has 1 N–H and O–H groups in total. The van der Waals surface area contributed by atoms with Crippen LogP contribution in [0.1, 0.15) is 28.7 Å². The molecule has 1 atom stereocenters. The van der Waals surface area contributed by atoms with E-state index in [0.29, 0.717) is 6.04 Å². The summed E-state index contributed by atoms with van der Waals surface area (Å²) in [5.74, 6) is 0.947. The number of rotatable bonds is 7. The lowest BCUT2D eigenvalue weighted by molar-refractivity contribution is 0.0500. The molecule has 0 aliphatic carbocycles. The summed E-state index contributed by atoms with van der Waals surface area (Å²) in [7, 11) is 1.73. The average molecular weight is 420 g/mol. The van der Waals surface area contributed by atoms with E-state index in [9.17, 15) is 5.11 Å². The van der Waals surface area contributed by atoms with Crippen LogP contribution in [-0.2, 0) is 13.1 Å². The lowest BCUT2D eigenvalue weighted by Crippen LogP contribution is -2.52. The molecule has 0 amide bonds. The number of aromatic nitrogens is 1.